The fraction of sp³-hybridized carbons (Fsp3) is 0.409. The van der Waals surface area contributed by atoms with Gasteiger partial charge in [-0.2, -0.15) is 0 Å². The second-order valence-corrected chi connectivity index (χ2v) is 9.20. The summed E-state index contributed by atoms with van der Waals surface area (Å²) in [7, 11) is 0.0618. The van der Waals surface area contributed by atoms with E-state index >= 15 is 0 Å². The molecule has 0 saturated heterocycles. The minimum atomic E-state index is -3.32. The summed E-state index contributed by atoms with van der Waals surface area (Å²) >= 11 is 0. The fourth-order valence-corrected chi connectivity index (χ4v) is 4.39. The van der Waals surface area contributed by atoms with Gasteiger partial charge in [0.2, 0.25) is 10.0 Å². The van der Waals surface area contributed by atoms with E-state index in [0.717, 1.165) is 28.0 Å². The van der Waals surface area contributed by atoms with E-state index in [2.05, 4.69) is 20.3 Å². The largest absolute Gasteiger partial charge is 0.496 e. The van der Waals surface area contributed by atoms with Crippen molar-refractivity contribution >= 4 is 40.0 Å². The number of hydrogen-bond acceptors (Lipinski definition) is 4. The number of benzene rings is 2. The van der Waals surface area contributed by atoms with Crippen LogP contribution >= 0.6 is 24.0 Å². The molecule has 2 aromatic carbocycles. The third kappa shape index (κ3) is 9.44. The van der Waals surface area contributed by atoms with E-state index in [1.807, 2.05) is 63.2 Å². The molecule has 7 nitrogen and oxygen atoms in total. The highest BCUT2D eigenvalue weighted by Crippen LogP contribution is 2.19. The van der Waals surface area contributed by atoms with E-state index in [4.69, 9.17) is 4.74 Å². The summed E-state index contributed by atoms with van der Waals surface area (Å²) in [5.41, 5.74) is 3.98. The van der Waals surface area contributed by atoms with Crippen LogP contribution in [-0.2, 0) is 28.9 Å². The van der Waals surface area contributed by atoms with Crippen LogP contribution in [0.2, 0.25) is 0 Å². The Kier molecular flexibility index (Phi) is 11.3. The molecule has 0 aliphatic heterocycles. The molecule has 172 valence electrons. The van der Waals surface area contributed by atoms with Gasteiger partial charge in [-0.1, -0.05) is 36.4 Å². The van der Waals surface area contributed by atoms with Gasteiger partial charge in [-0.3, -0.25) is 4.99 Å². The smallest absolute Gasteiger partial charge is 0.216 e. The Balaban J connectivity index is 0.00000480. The second kappa shape index (κ2) is 12.9. The summed E-state index contributed by atoms with van der Waals surface area (Å²) in [6.45, 7) is 6.80. The number of methoxy groups -OCH3 is 1. The van der Waals surface area contributed by atoms with Crippen molar-refractivity contribution < 1.29 is 13.2 Å². The molecule has 0 aromatic heterocycles. The average Bonchev–Trinajstić information content (AvgIpc) is 2.68. The van der Waals surface area contributed by atoms with Crippen molar-refractivity contribution in [3.63, 3.8) is 0 Å². The molecule has 0 spiro atoms. The monoisotopic (exact) mass is 560 g/mol. The molecule has 0 aliphatic carbocycles. The van der Waals surface area contributed by atoms with E-state index in [0.29, 0.717) is 19.0 Å². The van der Waals surface area contributed by atoms with E-state index < -0.39 is 10.0 Å². The molecule has 0 bridgehead atoms. The van der Waals surface area contributed by atoms with Gasteiger partial charge in [0.25, 0.3) is 0 Å². The van der Waals surface area contributed by atoms with Crippen molar-refractivity contribution in [2.24, 2.45) is 4.99 Å². The fourth-order valence-electron chi connectivity index (χ4n) is 2.96. The summed E-state index contributed by atoms with van der Waals surface area (Å²) in [5, 5.41) is 6.55. The molecule has 0 fully saturated rings. The zero-order valence-corrected chi connectivity index (χ0v) is 21.9. The van der Waals surface area contributed by atoms with Gasteiger partial charge in [0.1, 0.15) is 5.75 Å². The zero-order valence-electron chi connectivity index (χ0n) is 18.7. The van der Waals surface area contributed by atoms with Crippen molar-refractivity contribution in [2.75, 3.05) is 14.2 Å². The highest BCUT2D eigenvalue weighted by atomic mass is 127. The number of nitrogens with one attached hydrogen (secondary N) is 3. The molecular weight excluding hydrogens is 527 g/mol. The normalized spacial score (nSPS) is 11.7. The standard InChI is InChI=1S/C22H32N4O3S.HI/c1-16(2)26-30(27,28)15-19-9-7-18(8-10-19)13-24-22(23-4)25-14-20-11-6-17(3)12-21(20)29-5;/h6-12,16,26H,13-15H2,1-5H3,(H2,23,24,25);1H. The van der Waals surface area contributed by atoms with Crippen molar-refractivity contribution in [3.8, 4) is 5.75 Å². The number of ether oxygens (including phenoxy) is 1. The lowest BCUT2D eigenvalue weighted by atomic mass is 10.1. The first-order chi connectivity index (χ1) is 14.2. The van der Waals surface area contributed by atoms with Gasteiger partial charge in [0.15, 0.2) is 5.96 Å². The molecule has 0 amide bonds. The summed E-state index contributed by atoms with van der Waals surface area (Å²) in [4.78, 5) is 4.25. The molecule has 2 rings (SSSR count). The van der Waals surface area contributed by atoms with E-state index in [9.17, 15) is 8.42 Å². The first-order valence-corrected chi connectivity index (χ1v) is 11.5. The van der Waals surface area contributed by atoms with Crippen LogP contribution in [0.25, 0.3) is 0 Å². The Bertz CT molecular complexity index is 961. The SMILES string of the molecule is CN=C(NCc1ccc(CS(=O)(=O)NC(C)C)cc1)NCc1ccc(C)cc1OC.I. The van der Waals surface area contributed by atoms with Gasteiger partial charge in [0.05, 0.1) is 12.9 Å². The van der Waals surface area contributed by atoms with E-state index in [-0.39, 0.29) is 35.8 Å². The summed E-state index contributed by atoms with van der Waals surface area (Å²) in [6.07, 6.45) is 0. The Labute approximate surface area is 203 Å². The maximum atomic E-state index is 12.0. The predicted octanol–water partition coefficient (Wildman–Crippen LogP) is 3.31. The van der Waals surface area contributed by atoms with Crippen molar-refractivity contribution in [3.05, 3.63) is 64.7 Å². The Morgan fingerprint density at radius 1 is 1.03 bits per heavy atom. The van der Waals surface area contributed by atoms with Gasteiger partial charge >= 0.3 is 0 Å². The first kappa shape index (κ1) is 27.2. The van der Waals surface area contributed by atoms with Gasteiger partial charge in [-0.05, 0) is 43.5 Å². The van der Waals surface area contributed by atoms with Gasteiger partial charge in [-0.25, -0.2) is 13.1 Å². The van der Waals surface area contributed by atoms with Crippen LogP contribution in [-0.4, -0.2) is 34.6 Å². The molecule has 0 heterocycles. The predicted molar refractivity (Wildman–Crippen MR) is 138 cm³/mol. The average molecular weight is 561 g/mol. The summed E-state index contributed by atoms with van der Waals surface area (Å²) in [5.74, 6) is 1.49. The lowest BCUT2D eigenvalue weighted by Gasteiger charge is -2.14. The number of sulfonamides is 1. The van der Waals surface area contributed by atoms with Crippen LogP contribution in [0.3, 0.4) is 0 Å². The van der Waals surface area contributed by atoms with Crippen molar-refractivity contribution in [2.45, 2.75) is 45.7 Å². The maximum absolute atomic E-state index is 12.0. The highest BCUT2D eigenvalue weighted by Gasteiger charge is 2.12. The number of aliphatic imine (C=N–C) groups is 1. The van der Waals surface area contributed by atoms with Crippen LogP contribution in [0.15, 0.2) is 47.5 Å². The topological polar surface area (TPSA) is 91.8 Å². The Morgan fingerprint density at radius 2 is 1.65 bits per heavy atom. The zero-order chi connectivity index (χ0) is 22.1. The molecule has 9 heteroatoms. The number of rotatable bonds is 9. The Morgan fingerprint density at radius 3 is 2.23 bits per heavy atom. The molecule has 0 unspecified atom stereocenters. The highest BCUT2D eigenvalue weighted by molar-refractivity contribution is 14.0. The van der Waals surface area contributed by atoms with Crippen LogP contribution in [0.1, 0.15) is 36.1 Å². The second-order valence-electron chi connectivity index (χ2n) is 7.44. The quantitative estimate of drug-likeness (QED) is 0.249. The van der Waals surface area contributed by atoms with Crippen LogP contribution in [0, 0.1) is 6.92 Å². The molecule has 0 aliphatic rings. The van der Waals surface area contributed by atoms with Crippen LogP contribution in [0.5, 0.6) is 5.75 Å². The lowest BCUT2D eigenvalue weighted by Crippen LogP contribution is -2.36. The third-order valence-electron chi connectivity index (χ3n) is 4.37. The molecule has 0 atom stereocenters. The number of halogens is 1. The molecule has 31 heavy (non-hydrogen) atoms. The Hall–Kier alpha value is -1.85. The number of hydrogen-bond donors (Lipinski definition) is 3. The summed E-state index contributed by atoms with van der Waals surface area (Å²) < 4.78 is 32.1. The third-order valence-corrected chi connectivity index (χ3v) is 5.91. The molecule has 3 N–H and O–H groups in total. The molecule has 0 radical (unpaired) electrons. The summed E-state index contributed by atoms with van der Waals surface area (Å²) in [6, 6.07) is 13.5. The van der Waals surface area contributed by atoms with Gasteiger partial charge < -0.3 is 15.4 Å². The first-order valence-electron chi connectivity index (χ1n) is 9.88. The van der Waals surface area contributed by atoms with Crippen molar-refractivity contribution in [1.29, 1.82) is 0 Å². The minimum Gasteiger partial charge on any atom is -0.496 e. The number of guanidine groups is 1. The van der Waals surface area contributed by atoms with Crippen LogP contribution < -0.4 is 20.1 Å². The molecule has 2 aromatic rings. The van der Waals surface area contributed by atoms with Gasteiger partial charge in [0, 0.05) is 31.7 Å². The maximum Gasteiger partial charge on any atom is 0.216 e. The lowest BCUT2D eigenvalue weighted by molar-refractivity contribution is 0.408. The van der Waals surface area contributed by atoms with E-state index in [1.165, 1.54) is 0 Å². The van der Waals surface area contributed by atoms with Crippen LogP contribution in [0.4, 0.5) is 0 Å². The molecule has 0 saturated carbocycles. The van der Waals surface area contributed by atoms with E-state index in [1.54, 1.807) is 14.2 Å². The minimum absolute atomic E-state index is 0. The molecular formula is C22H33IN4O3S. The van der Waals surface area contributed by atoms with Gasteiger partial charge in [-0.15, -0.1) is 24.0 Å². The van der Waals surface area contributed by atoms with Crippen molar-refractivity contribution in [1.82, 2.24) is 15.4 Å². The number of nitrogens with zero attached hydrogens (tertiary/aromatic N) is 1. The number of aryl methyl sites for hydroxylation is 1.